The zero-order valence-electron chi connectivity index (χ0n) is 16.5. The maximum Gasteiger partial charge on any atom is 0.275 e. The van der Waals surface area contributed by atoms with E-state index in [1.807, 2.05) is 42.1 Å². The lowest BCUT2D eigenvalue weighted by Crippen LogP contribution is -2.12. The quantitative estimate of drug-likeness (QED) is 0.480. The van der Waals surface area contributed by atoms with Gasteiger partial charge in [0.25, 0.3) is 5.91 Å². The molecule has 0 aliphatic heterocycles. The molecule has 0 atom stereocenters. The summed E-state index contributed by atoms with van der Waals surface area (Å²) >= 11 is 1.40. The van der Waals surface area contributed by atoms with Crippen molar-refractivity contribution in [3.63, 3.8) is 0 Å². The molecule has 8 heteroatoms. The molecule has 30 heavy (non-hydrogen) atoms. The highest BCUT2D eigenvalue weighted by molar-refractivity contribution is 7.13. The van der Waals surface area contributed by atoms with E-state index in [9.17, 15) is 4.79 Å². The van der Waals surface area contributed by atoms with E-state index in [1.165, 1.54) is 11.3 Å². The van der Waals surface area contributed by atoms with Gasteiger partial charge in [0.1, 0.15) is 34.6 Å². The van der Waals surface area contributed by atoms with Gasteiger partial charge in [0.05, 0.1) is 12.7 Å². The van der Waals surface area contributed by atoms with Gasteiger partial charge in [-0.3, -0.25) is 4.79 Å². The number of carbonyl (C=O) groups excluding carboxylic acids is 1. The van der Waals surface area contributed by atoms with Crippen LogP contribution in [0.15, 0.2) is 66.3 Å². The number of nitrogens with one attached hydrogen (secondary N) is 1. The van der Waals surface area contributed by atoms with E-state index in [0.717, 1.165) is 22.1 Å². The van der Waals surface area contributed by atoms with Crippen LogP contribution in [0.2, 0.25) is 0 Å². The number of imidazole rings is 1. The fraction of sp³-hybridized carbons (Fsp3) is 0.136. The number of nitrogens with zero attached hydrogens (tertiary/aromatic N) is 3. The fourth-order valence-corrected chi connectivity index (χ4v) is 3.67. The van der Waals surface area contributed by atoms with Crippen LogP contribution in [0.25, 0.3) is 10.6 Å². The van der Waals surface area contributed by atoms with E-state index in [1.54, 1.807) is 43.0 Å². The molecule has 1 amide bonds. The van der Waals surface area contributed by atoms with Gasteiger partial charge in [-0.25, -0.2) is 9.97 Å². The number of aromatic nitrogens is 3. The minimum absolute atomic E-state index is 0.269. The van der Waals surface area contributed by atoms with Gasteiger partial charge in [-0.05, 0) is 36.4 Å². The SMILES string of the molecule is COc1ccccc1-c1nc(C(=O)Nc2ccc(OCc3nccn3C)cc2)cs1. The van der Waals surface area contributed by atoms with Crippen LogP contribution in [-0.2, 0) is 13.7 Å². The first kappa shape index (κ1) is 19.7. The first-order valence-corrected chi connectivity index (χ1v) is 10.1. The number of amides is 1. The van der Waals surface area contributed by atoms with Crippen LogP contribution in [0.4, 0.5) is 5.69 Å². The van der Waals surface area contributed by atoms with Crippen molar-refractivity contribution in [2.24, 2.45) is 7.05 Å². The van der Waals surface area contributed by atoms with Crippen LogP contribution < -0.4 is 14.8 Å². The van der Waals surface area contributed by atoms with Crippen LogP contribution in [0.5, 0.6) is 11.5 Å². The summed E-state index contributed by atoms with van der Waals surface area (Å²) in [4.78, 5) is 21.3. The van der Waals surface area contributed by atoms with Gasteiger partial charge < -0.3 is 19.4 Å². The molecular weight excluding hydrogens is 400 g/mol. The molecule has 0 saturated heterocycles. The summed E-state index contributed by atoms with van der Waals surface area (Å²) in [5, 5.41) is 5.33. The van der Waals surface area contributed by atoms with E-state index >= 15 is 0 Å². The second-order valence-electron chi connectivity index (χ2n) is 6.46. The van der Waals surface area contributed by atoms with Gasteiger partial charge in [0.2, 0.25) is 0 Å². The molecule has 0 bridgehead atoms. The molecule has 0 unspecified atom stereocenters. The maximum atomic E-state index is 12.6. The van der Waals surface area contributed by atoms with Crippen LogP contribution in [0.3, 0.4) is 0 Å². The molecular formula is C22H20N4O3S. The zero-order chi connectivity index (χ0) is 20.9. The number of hydrogen-bond acceptors (Lipinski definition) is 6. The Morgan fingerprint density at radius 2 is 1.97 bits per heavy atom. The summed E-state index contributed by atoms with van der Waals surface area (Å²) in [6, 6.07) is 14.8. The summed E-state index contributed by atoms with van der Waals surface area (Å²) < 4.78 is 13.0. The molecule has 0 aliphatic carbocycles. The number of ether oxygens (including phenoxy) is 2. The lowest BCUT2D eigenvalue weighted by atomic mass is 10.2. The second-order valence-corrected chi connectivity index (χ2v) is 7.32. The Labute approximate surface area is 177 Å². The average Bonchev–Trinajstić information content (AvgIpc) is 3.42. The third-order valence-electron chi connectivity index (χ3n) is 4.48. The zero-order valence-corrected chi connectivity index (χ0v) is 17.3. The summed E-state index contributed by atoms with van der Waals surface area (Å²) in [5.74, 6) is 1.99. The third kappa shape index (κ3) is 4.33. The number of para-hydroxylation sites is 1. The standard InChI is InChI=1S/C22H20N4O3S/c1-26-12-11-23-20(26)13-29-16-9-7-15(8-10-16)24-21(27)18-14-30-22(25-18)17-5-3-4-6-19(17)28-2/h3-12,14H,13H2,1-2H3,(H,24,27). The van der Waals surface area contributed by atoms with Crippen molar-refractivity contribution in [2.45, 2.75) is 6.61 Å². The first-order valence-electron chi connectivity index (χ1n) is 9.23. The number of methoxy groups -OCH3 is 1. The molecule has 0 saturated carbocycles. The second kappa shape index (κ2) is 8.79. The van der Waals surface area contributed by atoms with Crippen LogP contribution in [0, 0.1) is 0 Å². The minimum atomic E-state index is -0.269. The van der Waals surface area contributed by atoms with Crippen molar-refractivity contribution in [1.29, 1.82) is 0 Å². The molecule has 4 rings (SSSR count). The molecule has 7 nitrogen and oxygen atoms in total. The molecule has 2 heterocycles. The summed E-state index contributed by atoms with van der Waals surface area (Å²) in [5.41, 5.74) is 1.88. The Bertz CT molecular complexity index is 1150. The fourth-order valence-electron chi connectivity index (χ4n) is 2.84. The number of anilines is 1. The van der Waals surface area contributed by atoms with Crippen LogP contribution >= 0.6 is 11.3 Å². The van der Waals surface area contributed by atoms with Gasteiger partial charge in [-0.1, -0.05) is 12.1 Å². The Hall–Kier alpha value is -3.65. The topological polar surface area (TPSA) is 78.3 Å². The molecule has 0 aliphatic rings. The number of benzene rings is 2. The monoisotopic (exact) mass is 420 g/mol. The van der Waals surface area contributed by atoms with E-state index in [4.69, 9.17) is 9.47 Å². The maximum absolute atomic E-state index is 12.6. The summed E-state index contributed by atoms with van der Waals surface area (Å²) in [6.07, 6.45) is 3.60. The Morgan fingerprint density at radius 1 is 1.17 bits per heavy atom. The van der Waals surface area contributed by atoms with Crippen molar-refractivity contribution in [2.75, 3.05) is 12.4 Å². The van der Waals surface area contributed by atoms with Crippen LogP contribution in [-0.4, -0.2) is 27.6 Å². The van der Waals surface area contributed by atoms with E-state index in [-0.39, 0.29) is 5.91 Å². The lowest BCUT2D eigenvalue weighted by molar-refractivity contribution is 0.102. The Kier molecular flexibility index (Phi) is 5.76. The van der Waals surface area contributed by atoms with Gasteiger partial charge in [0.15, 0.2) is 0 Å². The largest absolute Gasteiger partial charge is 0.496 e. The van der Waals surface area contributed by atoms with Crippen molar-refractivity contribution in [3.8, 4) is 22.1 Å². The smallest absolute Gasteiger partial charge is 0.275 e. The highest BCUT2D eigenvalue weighted by atomic mass is 32.1. The van der Waals surface area contributed by atoms with Crippen molar-refractivity contribution < 1.29 is 14.3 Å². The predicted molar refractivity (Wildman–Crippen MR) is 116 cm³/mol. The molecule has 0 radical (unpaired) electrons. The van der Waals surface area contributed by atoms with Gasteiger partial charge in [-0.15, -0.1) is 11.3 Å². The average molecular weight is 420 g/mol. The molecule has 0 spiro atoms. The third-order valence-corrected chi connectivity index (χ3v) is 5.35. The molecule has 0 fully saturated rings. The minimum Gasteiger partial charge on any atom is -0.496 e. The van der Waals surface area contributed by atoms with Gasteiger partial charge in [-0.2, -0.15) is 0 Å². The number of carbonyl (C=O) groups is 1. The van der Waals surface area contributed by atoms with Crippen molar-refractivity contribution in [3.05, 3.63) is 77.8 Å². The summed E-state index contributed by atoms with van der Waals surface area (Å²) in [6.45, 7) is 0.375. The molecule has 4 aromatic rings. The van der Waals surface area contributed by atoms with E-state index in [2.05, 4.69) is 15.3 Å². The number of aryl methyl sites for hydroxylation is 1. The molecule has 2 aromatic heterocycles. The first-order chi connectivity index (χ1) is 14.6. The van der Waals surface area contributed by atoms with E-state index < -0.39 is 0 Å². The molecule has 152 valence electrons. The molecule has 1 N–H and O–H groups in total. The van der Waals surface area contributed by atoms with Crippen LogP contribution in [0.1, 0.15) is 16.3 Å². The van der Waals surface area contributed by atoms with Gasteiger partial charge >= 0.3 is 0 Å². The van der Waals surface area contributed by atoms with Crippen molar-refractivity contribution >= 4 is 22.9 Å². The normalized spacial score (nSPS) is 10.6. The lowest BCUT2D eigenvalue weighted by Gasteiger charge is -2.08. The highest BCUT2D eigenvalue weighted by Gasteiger charge is 2.14. The van der Waals surface area contributed by atoms with Crippen molar-refractivity contribution in [1.82, 2.24) is 14.5 Å². The number of rotatable bonds is 7. The summed E-state index contributed by atoms with van der Waals surface area (Å²) in [7, 11) is 3.53. The predicted octanol–water partition coefficient (Wildman–Crippen LogP) is 4.38. The Balaban J connectivity index is 1.39. The molecule has 2 aromatic carbocycles. The van der Waals surface area contributed by atoms with Gasteiger partial charge in [0, 0.05) is 30.5 Å². The highest BCUT2D eigenvalue weighted by Crippen LogP contribution is 2.32. The van der Waals surface area contributed by atoms with E-state index in [0.29, 0.717) is 23.7 Å². The Morgan fingerprint density at radius 3 is 2.70 bits per heavy atom. The number of hydrogen-bond donors (Lipinski definition) is 1. The number of thiazole rings is 1.